The fourth-order valence-electron chi connectivity index (χ4n) is 3.09. The highest BCUT2D eigenvalue weighted by Crippen LogP contribution is 2.31. The number of nitrogens with zero attached hydrogens (tertiary/aromatic N) is 1. The third-order valence-corrected chi connectivity index (χ3v) is 4.69. The van der Waals surface area contributed by atoms with Gasteiger partial charge in [-0.2, -0.15) is 11.8 Å². The van der Waals surface area contributed by atoms with Gasteiger partial charge in [0.25, 0.3) is 0 Å². The van der Waals surface area contributed by atoms with Crippen molar-refractivity contribution in [2.45, 2.75) is 65.0 Å². The summed E-state index contributed by atoms with van der Waals surface area (Å²) >= 11 is 2.00. The fraction of sp³-hybridized carbons (Fsp3) is 1.00. The first-order chi connectivity index (χ1) is 7.69. The van der Waals surface area contributed by atoms with Crippen molar-refractivity contribution in [1.82, 2.24) is 4.90 Å². The Labute approximate surface area is 106 Å². The first kappa shape index (κ1) is 14.4. The molecule has 0 aromatic heterocycles. The van der Waals surface area contributed by atoms with Crippen molar-refractivity contribution in [3.05, 3.63) is 0 Å². The maximum atomic E-state index is 2.69. The molecule has 1 aliphatic carbocycles. The molecule has 0 spiro atoms. The van der Waals surface area contributed by atoms with Crippen LogP contribution in [-0.4, -0.2) is 35.5 Å². The number of hydrogen-bond acceptors (Lipinski definition) is 2. The topological polar surface area (TPSA) is 3.24 Å². The standard InChI is InChI=1S/C14H29NS/c1-5-15(12(2)3)14-8-6-13(7-9-14)10-11-16-4/h12-14H,5-11H2,1-4H3. The first-order valence-electron chi connectivity index (χ1n) is 6.93. The average molecular weight is 243 g/mol. The van der Waals surface area contributed by atoms with Crippen molar-refractivity contribution in [2.75, 3.05) is 18.6 Å². The predicted octanol–water partition coefficient (Wildman–Crippen LogP) is 4.03. The van der Waals surface area contributed by atoms with Crippen LogP contribution in [0, 0.1) is 5.92 Å². The Morgan fingerprint density at radius 2 is 1.81 bits per heavy atom. The van der Waals surface area contributed by atoms with Crippen LogP contribution in [0.1, 0.15) is 52.9 Å². The maximum Gasteiger partial charge on any atom is 0.00980 e. The summed E-state index contributed by atoms with van der Waals surface area (Å²) in [5, 5.41) is 0. The van der Waals surface area contributed by atoms with Gasteiger partial charge in [0, 0.05) is 12.1 Å². The summed E-state index contributed by atoms with van der Waals surface area (Å²) in [6.45, 7) is 8.20. The van der Waals surface area contributed by atoms with E-state index >= 15 is 0 Å². The molecule has 0 atom stereocenters. The highest BCUT2D eigenvalue weighted by molar-refractivity contribution is 7.98. The van der Waals surface area contributed by atoms with E-state index < -0.39 is 0 Å². The van der Waals surface area contributed by atoms with Gasteiger partial charge in [-0.1, -0.05) is 6.92 Å². The molecule has 0 bridgehead atoms. The molecule has 0 heterocycles. The molecule has 96 valence electrons. The Kier molecular flexibility index (Phi) is 6.83. The van der Waals surface area contributed by atoms with Crippen LogP contribution in [0.15, 0.2) is 0 Å². The lowest BCUT2D eigenvalue weighted by Gasteiger charge is -2.38. The van der Waals surface area contributed by atoms with E-state index in [9.17, 15) is 0 Å². The van der Waals surface area contributed by atoms with Gasteiger partial charge in [0.05, 0.1) is 0 Å². The van der Waals surface area contributed by atoms with Gasteiger partial charge in [0.1, 0.15) is 0 Å². The smallest absolute Gasteiger partial charge is 0.00980 e. The second-order valence-electron chi connectivity index (χ2n) is 5.38. The molecule has 1 nitrogen and oxygen atoms in total. The molecule has 0 saturated heterocycles. The Morgan fingerprint density at radius 1 is 1.19 bits per heavy atom. The van der Waals surface area contributed by atoms with E-state index in [2.05, 4.69) is 31.9 Å². The van der Waals surface area contributed by atoms with Crippen LogP contribution in [0.25, 0.3) is 0 Å². The zero-order chi connectivity index (χ0) is 12.0. The Hall–Kier alpha value is 0.310. The normalized spacial score (nSPS) is 26.6. The minimum Gasteiger partial charge on any atom is -0.298 e. The minimum absolute atomic E-state index is 0.720. The highest BCUT2D eigenvalue weighted by atomic mass is 32.2. The number of thioether (sulfide) groups is 1. The summed E-state index contributed by atoms with van der Waals surface area (Å²) in [6, 6.07) is 1.59. The summed E-state index contributed by atoms with van der Waals surface area (Å²) in [5.74, 6) is 2.38. The molecule has 1 saturated carbocycles. The molecule has 1 fully saturated rings. The molecule has 2 heteroatoms. The molecule has 0 N–H and O–H groups in total. The molecule has 16 heavy (non-hydrogen) atoms. The predicted molar refractivity (Wildman–Crippen MR) is 76.3 cm³/mol. The quantitative estimate of drug-likeness (QED) is 0.693. The van der Waals surface area contributed by atoms with Crippen LogP contribution in [0.3, 0.4) is 0 Å². The largest absolute Gasteiger partial charge is 0.298 e. The molecule has 0 aromatic rings. The summed E-state index contributed by atoms with van der Waals surface area (Å²) < 4.78 is 0. The Balaban J connectivity index is 2.30. The molecule has 0 aromatic carbocycles. The van der Waals surface area contributed by atoms with Crippen molar-refractivity contribution < 1.29 is 0 Å². The zero-order valence-corrected chi connectivity index (χ0v) is 12.4. The molecule has 1 aliphatic rings. The molecular formula is C14H29NS. The number of rotatable bonds is 6. The molecule has 0 aliphatic heterocycles. The first-order valence-corrected chi connectivity index (χ1v) is 8.33. The van der Waals surface area contributed by atoms with Crippen molar-refractivity contribution >= 4 is 11.8 Å². The van der Waals surface area contributed by atoms with E-state index in [1.165, 1.54) is 44.4 Å². The van der Waals surface area contributed by atoms with Crippen molar-refractivity contribution in [2.24, 2.45) is 5.92 Å². The van der Waals surface area contributed by atoms with Gasteiger partial charge in [0.15, 0.2) is 0 Å². The van der Waals surface area contributed by atoms with Gasteiger partial charge in [0.2, 0.25) is 0 Å². The monoisotopic (exact) mass is 243 g/mol. The van der Waals surface area contributed by atoms with E-state index in [0.29, 0.717) is 0 Å². The Bertz CT molecular complexity index is 174. The van der Waals surface area contributed by atoms with Gasteiger partial charge in [-0.25, -0.2) is 0 Å². The van der Waals surface area contributed by atoms with E-state index in [4.69, 9.17) is 0 Å². The summed E-state index contributed by atoms with van der Waals surface area (Å²) in [4.78, 5) is 2.69. The lowest BCUT2D eigenvalue weighted by atomic mass is 9.83. The van der Waals surface area contributed by atoms with Crippen LogP contribution < -0.4 is 0 Å². The summed E-state index contributed by atoms with van der Waals surface area (Å²) in [6.07, 6.45) is 9.48. The van der Waals surface area contributed by atoms with E-state index in [1.807, 2.05) is 11.8 Å². The van der Waals surface area contributed by atoms with Gasteiger partial charge in [-0.15, -0.1) is 0 Å². The zero-order valence-electron chi connectivity index (χ0n) is 11.5. The maximum absolute atomic E-state index is 2.69. The Morgan fingerprint density at radius 3 is 2.25 bits per heavy atom. The van der Waals surface area contributed by atoms with Crippen LogP contribution >= 0.6 is 11.8 Å². The summed E-state index contributed by atoms with van der Waals surface area (Å²) in [7, 11) is 0. The average Bonchev–Trinajstić information content (AvgIpc) is 2.28. The van der Waals surface area contributed by atoms with E-state index in [-0.39, 0.29) is 0 Å². The van der Waals surface area contributed by atoms with E-state index in [0.717, 1.165) is 18.0 Å². The van der Waals surface area contributed by atoms with Gasteiger partial charge >= 0.3 is 0 Å². The second-order valence-corrected chi connectivity index (χ2v) is 6.37. The molecular weight excluding hydrogens is 214 g/mol. The van der Waals surface area contributed by atoms with Crippen molar-refractivity contribution in [3.63, 3.8) is 0 Å². The van der Waals surface area contributed by atoms with Crippen LogP contribution in [0.4, 0.5) is 0 Å². The summed E-state index contributed by atoms with van der Waals surface area (Å²) in [5.41, 5.74) is 0. The fourth-order valence-corrected chi connectivity index (χ4v) is 3.66. The van der Waals surface area contributed by atoms with Crippen molar-refractivity contribution in [3.8, 4) is 0 Å². The molecule has 0 amide bonds. The number of hydrogen-bond donors (Lipinski definition) is 0. The molecule has 0 unspecified atom stereocenters. The van der Waals surface area contributed by atoms with Crippen LogP contribution in [-0.2, 0) is 0 Å². The van der Waals surface area contributed by atoms with Gasteiger partial charge < -0.3 is 0 Å². The highest BCUT2D eigenvalue weighted by Gasteiger charge is 2.25. The third kappa shape index (κ3) is 4.29. The third-order valence-electron chi connectivity index (χ3n) is 4.04. The van der Waals surface area contributed by atoms with Crippen LogP contribution in [0.2, 0.25) is 0 Å². The lowest BCUT2D eigenvalue weighted by molar-refractivity contribution is 0.111. The van der Waals surface area contributed by atoms with E-state index in [1.54, 1.807) is 0 Å². The minimum atomic E-state index is 0.720. The van der Waals surface area contributed by atoms with Gasteiger partial charge in [-0.3, -0.25) is 4.90 Å². The molecule has 0 radical (unpaired) electrons. The lowest BCUT2D eigenvalue weighted by Crippen LogP contribution is -2.42. The van der Waals surface area contributed by atoms with Crippen molar-refractivity contribution in [1.29, 1.82) is 0 Å². The second kappa shape index (κ2) is 7.60. The molecule has 1 rings (SSSR count). The SMILES string of the molecule is CCN(C(C)C)C1CCC(CCSC)CC1. The van der Waals surface area contributed by atoms with Crippen LogP contribution in [0.5, 0.6) is 0 Å². The van der Waals surface area contributed by atoms with Gasteiger partial charge in [-0.05, 0) is 70.4 Å².